The standard InChI is InChI=1S/C18H24N2O5/c1-23-7-6-20-17(21)14-10-19(11-15(14)18(20)22)9-12-8-13(24-2)4-5-16(12)25-3/h4-5,8,14-15H,6-7,9-11H2,1-3H3/t14-,15+. The van der Waals surface area contributed by atoms with Crippen molar-refractivity contribution in [2.24, 2.45) is 11.8 Å². The van der Waals surface area contributed by atoms with Crippen molar-refractivity contribution in [1.29, 1.82) is 0 Å². The first-order valence-corrected chi connectivity index (χ1v) is 8.36. The summed E-state index contributed by atoms with van der Waals surface area (Å²) in [5.74, 6) is 0.881. The number of fused-ring (bicyclic) bond motifs is 1. The van der Waals surface area contributed by atoms with E-state index in [-0.39, 0.29) is 23.7 Å². The molecule has 1 aromatic rings. The zero-order chi connectivity index (χ0) is 18.0. The molecule has 2 amide bonds. The molecule has 136 valence electrons. The summed E-state index contributed by atoms with van der Waals surface area (Å²) in [7, 11) is 4.82. The molecule has 2 aliphatic heterocycles. The number of nitrogens with zero attached hydrogens (tertiary/aromatic N) is 2. The van der Waals surface area contributed by atoms with Gasteiger partial charge in [0.1, 0.15) is 11.5 Å². The Morgan fingerprint density at radius 3 is 2.28 bits per heavy atom. The first-order valence-electron chi connectivity index (χ1n) is 8.36. The molecule has 2 aliphatic rings. The minimum atomic E-state index is -0.249. The predicted octanol–water partition coefficient (Wildman–Crippen LogP) is 0.767. The normalized spacial score (nSPS) is 23.2. The number of amides is 2. The molecule has 2 fully saturated rings. The maximum absolute atomic E-state index is 12.5. The van der Waals surface area contributed by atoms with Gasteiger partial charge in [-0.3, -0.25) is 19.4 Å². The van der Waals surface area contributed by atoms with Gasteiger partial charge in [0.25, 0.3) is 0 Å². The average Bonchev–Trinajstić information content (AvgIpc) is 3.13. The Bertz CT molecular complexity index is 639. The molecular formula is C18H24N2O5. The number of methoxy groups -OCH3 is 3. The van der Waals surface area contributed by atoms with Crippen molar-refractivity contribution in [2.45, 2.75) is 6.54 Å². The second-order valence-corrected chi connectivity index (χ2v) is 6.41. The summed E-state index contributed by atoms with van der Waals surface area (Å²) in [5, 5.41) is 0. The quantitative estimate of drug-likeness (QED) is 0.678. The summed E-state index contributed by atoms with van der Waals surface area (Å²) in [5.41, 5.74) is 0.984. The van der Waals surface area contributed by atoms with E-state index in [9.17, 15) is 9.59 Å². The summed E-state index contributed by atoms with van der Waals surface area (Å²) < 4.78 is 15.7. The molecule has 0 spiro atoms. The highest BCUT2D eigenvalue weighted by Crippen LogP contribution is 2.35. The van der Waals surface area contributed by atoms with Gasteiger partial charge in [0.05, 0.1) is 39.2 Å². The topological polar surface area (TPSA) is 68.3 Å². The SMILES string of the molecule is COCCN1C(=O)[C@H]2CN(Cc3cc(OC)ccc3OC)C[C@H]2C1=O. The van der Waals surface area contributed by atoms with Crippen LogP contribution in [0.1, 0.15) is 5.56 Å². The van der Waals surface area contributed by atoms with E-state index in [1.807, 2.05) is 18.2 Å². The number of likely N-dealkylation sites (tertiary alicyclic amines) is 2. The average molecular weight is 348 g/mol. The number of hydrogen-bond acceptors (Lipinski definition) is 6. The lowest BCUT2D eigenvalue weighted by Crippen LogP contribution is -2.37. The van der Waals surface area contributed by atoms with Crippen molar-refractivity contribution in [1.82, 2.24) is 9.80 Å². The summed E-state index contributed by atoms with van der Waals surface area (Å²) in [4.78, 5) is 28.5. The maximum Gasteiger partial charge on any atom is 0.234 e. The van der Waals surface area contributed by atoms with Crippen LogP contribution in [-0.2, 0) is 20.9 Å². The number of hydrogen-bond donors (Lipinski definition) is 0. The van der Waals surface area contributed by atoms with Gasteiger partial charge in [-0.2, -0.15) is 0 Å². The Morgan fingerprint density at radius 2 is 1.72 bits per heavy atom. The smallest absolute Gasteiger partial charge is 0.234 e. The van der Waals surface area contributed by atoms with E-state index < -0.39 is 0 Å². The Hall–Kier alpha value is -2.12. The van der Waals surface area contributed by atoms with Crippen LogP contribution in [0.5, 0.6) is 11.5 Å². The number of benzene rings is 1. The minimum absolute atomic E-state index is 0.0767. The zero-order valence-corrected chi connectivity index (χ0v) is 14.9. The van der Waals surface area contributed by atoms with E-state index >= 15 is 0 Å². The Morgan fingerprint density at radius 1 is 1.04 bits per heavy atom. The monoisotopic (exact) mass is 348 g/mol. The van der Waals surface area contributed by atoms with Crippen molar-refractivity contribution >= 4 is 11.8 Å². The molecule has 7 nitrogen and oxygen atoms in total. The van der Waals surface area contributed by atoms with Crippen molar-refractivity contribution in [3.05, 3.63) is 23.8 Å². The molecule has 0 saturated carbocycles. The fourth-order valence-corrected chi connectivity index (χ4v) is 3.67. The summed E-state index contributed by atoms with van der Waals surface area (Å²) in [6.07, 6.45) is 0. The number of imide groups is 1. The van der Waals surface area contributed by atoms with Crippen molar-refractivity contribution < 1.29 is 23.8 Å². The molecule has 0 aromatic heterocycles. The van der Waals surface area contributed by atoms with Crippen LogP contribution in [0.25, 0.3) is 0 Å². The van der Waals surface area contributed by atoms with Crippen LogP contribution in [0.4, 0.5) is 0 Å². The number of ether oxygens (including phenoxy) is 3. The van der Waals surface area contributed by atoms with Crippen LogP contribution in [-0.4, -0.2) is 69.2 Å². The Kier molecular flexibility index (Phi) is 5.24. The van der Waals surface area contributed by atoms with Gasteiger partial charge in [-0.15, -0.1) is 0 Å². The highest BCUT2D eigenvalue weighted by atomic mass is 16.5. The third kappa shape index (κ3) is 3.34. The van der Waals surface area contributed by atoms with Gasteiger partial charge in [-0.05, 0) is 18.2 Å². The molecule has 3 rings (SSSR count). The van der Waals surface area contributed by atoms with Gasteiger partial charge in [-0.1, -0.05) is 0 Å². The third-order valence-electron chi connectivity index (χ3n) is 4.96. The van der Waals surface area contributed by atoms with Crippen LogP contribution in [0.3, 0.4) is 0 Å². The highest BCUT2D eigenvalue weighted by molar-refractivity contribution is 6.05. The predicted molar refractivity (Wildman–Crippen MR) is 90.4 cm³/mol. The van der Waals surface area contributed by atoms with Gasteiger partial charge in [0.15, 0.2) is 0 Å². The maximum atomic E-state index is 12.5. The first kappa shape index (κ1) is 17.7. The van der Waals surface area contributed by atoms with Crippen LogP contribution in [0.15, 0.2) is 18.2 Å². The molecule has 2 heterocycles. The number of carbonyl (C=O) groups excluding carboxylic acids is 2. The Balaban J connectivity index is 1.69. The fourth-order valence-electron chi connectivity index (χ4n) is 3.67. The second-order valence-electron chi connectivity index (χ2n) is 6.41. The van der Waals surface area contributed by atoms with Gasteiger partial charge in [0, 0.05) is 32.3 Å². The molecule has 7 heteroatoms. The lowest BCUT2D eigenvalue weighted by molar-refractivity contribution is -0.141. The van der Waals surface area contributed by atoms with Crippen molar-refractivity contribution in [3.8, 4) is 11.5 Å². The lowest BCUT2D eigenvalue weighted by atomic mass is 10.00. The first-order chi connectivity index (χ1) is 12.1. The minimum Gasteiger partial charge on any atom is -0.497 e. The molecule has 2 saturated heterocycles. The molecule has 0 bridgehead atoms. The summed E-state index contributed by atoms with van der Waals surface area (Å²) in [6, 6.07) is 5.65. The Labute approximate surface area is 147 Å². The largest absolute Gasteiger partial charge is 0.497 e. The third-order valence-corrected chi connectivity index (χ3v) is 4.96. The van der Waals surface area contributed by atoms with E-state index in [2.05, 4.69) is 4.90 Å². The van der Waals surface area contributed by atoms with E-state index in [0.717, 1.165) is 17.1 Å². The van der Waals surface area contributed by atoms with E-state index in [0.29, 0.717) is 32.8 Å². The van der Waals surface area contributed by atoms with Gasteiger partial charge in [-0.25, -0.2) is 0 Å². The lowest BCUT2D eigenvalue weighted by Gasteiger charge is -2.21. The second kappa shape index (κ2) is 7.41. The van der Waals surface area contributed by atoms with E-state index in [1.54, 1.807) is 21.3 Å². The molecular weight excluding hydrogens is 324 g/mol. The zero-order valence-electron chi connectivity index (χ0n) is 14.9. The van der Waals surface area contributed by atoms with Gasteiger partial charge in [0.2, 0.25) is 11.8 Å². The summed E-state index contributed by atoms with van der Waals surface area (Å²) in [6.45, 7) is 2.50. The molecule has 0 N–H and O–H groups in total. The molecule has 0 unspecified atom stereocenters. The fraction of sp³-hybridized carbons (Fsp3) is 0.556. The summed E-state index contributed by atoms with van der Waals surface area (Å²) >= 11 is 0. The molecule has 25 heavy (non-hydrogen) atoms. The van der Waals surface area contributed by atoms with Crippen molar-refractivity contribution in [3.63, 3.8) is 0 Å². The van der Waals surface area contributed by atoms with Crippen LogP contribution >= 0.6 is 0 Å². The van der Waals surface area contributed by atoms with E-state index in [1.165, 1.54) is 4.90 Å². The number of rotatable bonds is 7. The van der Waals surface area contributed by atoms with Gasteiger partial charge < -0.3 is 14.2 Å². The number of carbonyl (C=O) groups is 2. The van der Waals surface area contributed by atoms with Crippen LogP contribution in [0.2, 0.25) is 0 Å². The molecule has 1 aromatic carbocycles. The molecule has 0 aliphatic carbocycles. The molecule has 0 radical (unpaired) electrons. The molecule has 2 atom stereocenters. The van der Waals surface area contributed by atoms with E-state index in [4.69, 9.17) is 14.2 Å². The highest BCUT2D eigenvalue weighted by Gasteiger charge is 2.51. The van der Waals surface area contributed by atoms with Crippen LogP contribution < -0.4 is 9.47 Å². The van der Waals surface area contributed by atoms with Crippen LogP contribution in [0, 0.1) is 11.8 Å². The van der Waals surface area contributed by atoms with Gasteiger partial charge >= 0.3 is 0 Å². The van der Waals surface area contributed by atoms with Crippen molar-refractivity contribution in [2.75, 3.05) is 47.6 Å².